The summed E-state index contributed by atoms with van der Waals surface area (Å²) in [5, 5.41) is 4.67. The van der Waals surface area contributed by atoms with Crippen molar-refractivity contribution >= 4 is 29.6 Å². The third-order valence-electron chi connectivity index (χ3n) is 7.97. The van der Waals surface area contributed by atoms with E-state index in [4.69, 9.17) is 14.5 Å². The second-order valence-corrected chi connectivity index (χ2v) is 12.8. The van der Waals surface area contributed by atoms with Gasteiger partial charge in [-0.15, -0.1) is 0 Å². The number of hydrogen-bond donors (Lipinski definition) is 0. The lowest BCUT2D eigenvalue weighted by molar-refractivity contribution is -0.124. The van der Waals surface area contributed by atoms with E-state index >= 15 is 0 Å². The predicted molar refractivity (Wildman–Crippen MR) is 157 cm³/mol. The largest absolute Gasteiger partial charge is 0.444 e. The first kappa shape index (κ1) is 29.7. The summed E-state index contributed by atoms with van der Waals surface area (Å²) in [4.78, 5) is 48.9. The molecule has 2 aromatic rings. The normalized spacial score (nSPS) is 19.5. The maximum Gasteiger partial charge on any atom is 0.416 e. The summed E-state index contributed by atoms with van der Waals surface area (Å²) in [7, 11) is 0. The van der Waals surface area contributed by atoms with Gasteiger partial charge in [-0.2, -0.15) is 9.61 Å². The minimum absolute atomic E-state index is 0.208. The zero-order chi connectivity index (χ0) is 30.2. The topological polar surface area (TPSA) is 110 Å². The SMILES string of the molecule is CC#CC(=O)N1CCC(OC(=O)N2CCC(N(C(=O)OC(C)(C)C)c3cc(C4CC4)nc4c(C(C)C)cnn34)CC2)C1. The Morgan fingerprint density at radius 3 is 2.36 bits per heavy atom. The number of amides is 3. The first-order chi connectivity index (χ1) is 19.9. The van der Waals surface area contributed by atoms with E-state index < -0.39 is 17.8 Å². The molecule has 4 heterocycles. The van der Waals surface area contributed by atoms with E-state index in [0.29, 0.717) is 57.2 Å². The number of anilines is 1. The number of hydrogen-bond acceptors (Lipinski definition) is 7. The van der Waals surface area contributed by atoms with E-state index in [0.717, 1.165) is 29.7 Å². The number of ether oxygens (including phenoxy) is 2. The fourth-order valence-electron chi connectivity index (χ4n) is 5.61. The van der Waals surface area contributed by atoms with Gasteiger partial charge in [0.1, 0.15) is 17.5 Å². The van der Waals surface area contributed by atoms with Gasteiger partial charge < -0.3 is 19.3 Å². The van der Waals surface area contributed by atoms with Crippen LogP contribution in [-0.2, 0) is 14.3 Å². The highest BCUT2D eigenvalue weighted by molar-refractivity contribution is 5.93. The lowest BCUT2D eigenvalue weighted by Crippen LogP contribution is -2.51. The molecule has 1 saturated carbocycles. The number of likely N-dealkylation sites (tertiary alicyclic amines) is 2. The van der Waals surface area contributed by atoms with Crippen LogP contribution in [0.3, 0.4) is 0 Å². The summed E-state index contributed by atoms with van der Waals surface area (Å²) < 4.78 is 13.4. The Bertz CT molecular complexity index is 1400. The van der Waals surface area contributed by atoms with Gasteiger partial charge in [-0.3, -0.25) is 9.69 Å². The van der Waals surface area contributed by atoms with E-state index in [9.17, 15) is 14.4 Å². The zero-order valence-electron chi connectivity index (χ0n) is 25.6. The van der Waals surface area contributed by atoms with E-state index in [1.807, 2.05) is 33.0 Å². The molecule has 1 unspecified atom stereocenters. The lowest BCUT2D eigenvalue weighted by Gasteiger charge is -2.38. The average Bonchev–Trinajstić information content (AvgIpc) is 3.51. The van der Waals surface area contributed by atoms with Gasteiger partial charge in [-0.25, -0.2) is 14.6 Å². The molecule has 1 atom stereocenters. The van der Waals surface area contributed by atoms with Crippen LogP contribution in [0.1, 0.15) is 96.7 Å². The van der Waals surface area contributed by atoms with Crippen molar-refractivity contribution in [1.82, 2.24) is 24.4 Å². The molecule has 226 valence electrons. The summed E-state index contributed by atoms with van der Waals surface area (Å²) >= 11 is 0. The minimum atomic E-state index is -0.683. The smallest absolute Gasteiger partial charge is 0.416 e. The van der Waals surface area contributed by atoms with Crippen molar-refractivity contribution in [3.8, 4) is 11.8 Å². The van der Waals surface area contributed by atoms with Crippen LogP contribution in [0.4, 0.5) is 15.4 Å². The van der Waals surface area contributed by atoms with E-state index in [2.05, 4.69) is 30.8 Å². The van der Waals surface area contributed by atoms with Crippen LogP contribution in [0, 0.1) is 11.8 Å². The summed E-state index contributed by atoms with van der Waals surface area (Å²) in [6.07, 6.45) is 4.52. The van der Waals surface area contributed by atoms with Crippen molar-refractivity contribution in [2.75, 3.05) is 31.1 Å². The molecule has 0 radical (unpaired) electrons. The fourth-order valence-corrected chi connectivity index (χ4v) is 5.61. The number of carbonyl (C=O) groups is 3. The lowest BCUT2D eigenvalue weighted by atomic mass is 10.0. The Morgan fingerprint density at radius 2 is 1.74 bits per heavy atom. The molecule has 3 amide bonds. The first-order valence-corrected chi connectivity index (χ1v) is 15.0. The molecule has 2 aromatic heterocycles. The van der Waals surface area contributed by atoms with Crippen molar-refractivity contribution in [3.05, 3.63) is 23.5 Å². The Labute approximate surface area is 247 Å². The maximum atomic E-state index is 13.8. The molecule has 11 nitrogen and oxygen atoms in total. The van der Waals surface area contributed by atoms with Crippen molar-refractivity contribution in [3.63, 3.8) is 0 Å². The molecule has 42 heavy (non-hydrogen) atoms. The van der Waals surface area contributed by atoms with Crippen LogP contribution >= 0.6 is 0 Å². The molecular formula is C31H42N6O5. The predicted octanol–water partition coefficient (Wildman–Crippen LogP) is 4.70. The second kappa shape index (κ2) is 11.8. The van der Waals surface area contributed by atoms with Crippen LogP contribution in [-0.4, -0.2) is 86.4 Å². The Morgan fingerprint density at radius 1 is 1.05 bits per heavy atom. The van der Waals surface area contributed by atoms with E-state index in [-0.39, 0.29) is 24.0 Å². The van der Waals surface area contributed by atoms with Gasteiger partial charge >= 0.3 is 12.2 Å². The van der Waals surface area contributed by atoms with Gasteiger partial charge in [0.05, 0.1) is 12.7 Å². The van der Waals surface area contributed by atoms with Crippen LogP contribution in [0.5, 0.6) is 0 Å². The van der Waals surface area contributed by atoms with E-state index in [1.165, 1.54) is 0 Å². The number of carbonyl (C=O) groups excluding carboxylic acids is 3. The van der Waals surface area contributed by atoms with Gasteiger partial charge in [0.2, 0.25) is 0 Å². The molecule has 5 rings (SSSR count). The third-order valence-corrected chi connectivity index (χ3v) is 7.97. The van der Waals surface area contributed by atoms with Crippen molar-refractivity contribution in [1.29, 1.82) is 0 Å². The maximum absolute atomic E-state index is 13.8. The minimum Gasteiger partial charge on any atom is -0.444 e. The molecule has 0 aromatic carbocycles. The molecular weight excluding hydrogens is 536 g/mol. The van der Waals surface area contributed by atoms with Gasteiger partial charge in [0, 0.05) is 55.3 Å². The van der Waals surface area contributed by atoms with Crippen LogP contribution in [0.25, 0.3) is 5.65 Å². The second-order valence-electron chi connectivity index (χ2n) is 12.8. The van der Waals surface area contributed by atoms with E-state index in [1.54, 1.807) is 26.1 Å². The number of aromatic nitrogens is 3. The summed E-state index contributed by atoms with van der Waals surface area (Å²) in [5.74, 6) is 6.18. The first-order valence-electron chi connectivity index (χ1n) is 15.0. The third kappa shape index (κ3) is 6.48. The van der Waals surface area contributed by atoms with Crippen LogP contribution < -0.4 is 4.90 Å². The number of nitrogens with zero attached hydrogens (tertiary/aromatic N) is 6. The highest BCUT2D eigenvalue weighted by atomic mass is 16.6. The summed E-state index contributed by atoms with van der Waals surface area (Å²) in [5.41, 5.74) is 2.10. The van der Waals surface area contributed by atoms with Gasteiger partial charge in [0.15, 0.2) is 5.65 Å². The fraction of sp³-hybridized carbons (Fsp3) is 0.645. The standard InChI is InChI=1S/C31H42N6O5/c1-7-8-27(38)35-16-13-23(19-35)41-29(39)34-14-11-22(12-15-34)36(30(40)42-31(4,5)6)26-17-25(21-9-10-21)33-28-24(20(2)3)18-32-37(26)28/h17-18,20-23H,9-16,19H2,1-6H3. The molecule has 3 fully saturated rings. The van der Waals surface area contributed by atoms with Gasteiger partial charge in [-0.05, 0) is 65.2 Å². The molecule has 0 spiro atoms. The Kier molecular flexibility index (Phi) is 8.35. The van der Waals surface area contributed by atoms with Crippen LogP contribution in [0.15, 0.2) is 12.3 Å². The zero-order valence-corrected chi connectivity index (χ0v) is 25.6. The molecule has 0 bridgehead atoms. The van der Waals surface area contributed by atoms with Crippen molar-refractivity contribution in [2.45, 2.75) is 103 Å². The number of fused-ring (bicyclic) bond motifs is 1. The van der Waals surface area contributed by atoms with Crippen LogP contribution in [0.2, 0.25) is 0 Å². The average molecular weight is 579 g/mol. The summed E-state index contributed by atoms with van der Waals surface area (Å²) in [6.45, 7) is 13.2. The quantitative estimate of drug-likeness (QED) is 0.473. The Hall–Kier alpha value is -3.81. The molecule has 2 aliphatic heterocycles. The molecule has 0 N–H and O–H groups in total. The highest BCUT2D eigenvalue weighted by Gasteiger charge is 2.38. The molecule has 2 saturated heterocycles. The number of rotatable bonds is 5. The monoisotopic (exact) mass is 578 g/mol. The summed E-state index contributed by atoms with van der Waals surface area (Å²) in [6, 6.07) is 1.78. The number of piperidine rings is 1. The van der Waals surface area contributed by atoms with Crippen molar-refractivity contribution < 1.29 is 23.9 Å². The molecule has 3 aliphatic rings. The molecule has 1 aliphatic carbocycles. The van der Waals surface area contributed by atoms with Gasteiger partial charge in [0.25, 0.3) is 5.91 Å². The Balaban J connectivity index is 1.35. The highest BCUT2D eigenvalue weighted by Crippen LogP contribution is 2.41. The van der Waals surface area contributed by atoms with Gasteiger partial charge in [-0.1, -0.05) is 19.8 Å². The van der Waals surface area contributed by atoms with Crippen molar-refractivity contribution in [2.24, 2.45) is 0 Å². The molecule has 11 heteroatoms.